The molecule has 100 valence electrons. The smallest absolute Gasteiger partial charge is 0.134 e. The van der Waals surface area contributed by atoms with Gasteiger partial charge in [0, 0.05) is 23.7 Å². The van der Waals surface area contributed by atoms with Crippen LogP contribution in [-0.2, 0) is 6.54 Å². The molecular weight excluding hydrogens is 260 g/mol. The highest BCUT2D eigenvalue weighted by atomic mass is 35.5. The normalized spacial score (nSPS) is 10.3. The predicted octanol–water partition coefficient (Wildman–Crippen LogP) is 3.48. The van der Waals surface area contributed by atoms with Crippen molar-refractivity contribution in [3.05, 3.63) is 46.7 Å². The topological polar surface area (TPSA) is 49.8 Å². The van der Waals surface area contributed by atoms with Gasteiger partial charge in [0.05, 0.1) is 0 Å². The van der Waals surface area contributed by atoms with Crippen molar-refractivity contribution in [1.29, 1.82) is 0 Å². The van der Waals surface area contributed by atoms with Gasteiger partial charge in [-0.15, -0.1) is 0 Å². The second-order valence-corrected chi connectivity index (χ2v) is 4.65. The summed E-state index contributed by atoms with van der Waals surface area (Å²) in [7, 11) is 0. The second kappa shape index (κ2) is 6.38. The third kappa shape index (κ3) is 3.58. The fourth-order valence-electron chi connectivity index (χ4n) is 1.81. The molecule has 0 aliphatic heterocycles. The SMILES string of the molecule is CCNc1ncnc(NCc2cccc(Cl)c2)c1C. The van der Waals surface area contributed by atoms with E-state index in [1.807, 2.05) is 38.1 Å². The highest BCUT2D eigenvalue weighted by Gasteiger charge is 2.05. The van der Waals surface area contributed by atoms with Gasteiger partial charge in [0.15, 0.2) is 0 Å². The van der Waals surface area contributed by atoms with Crippen LogP contribution in [0.3, 0.4) is 0 Å². The lowest BCUT2D eigenvalue weighted by atomic mass is 10.2. The molecule has 4 nitrogen and oxygen atoms in total. The zero-order valence-electron chi connectivity index (χ0n) is 11.1. The fourth-order valence-corrected chi connectivity index (χ4v) is 2.02. The number of rotatable bonds is 5. The van der Waals surface area contributed by atoms with Crippen molar-refractivity contribution in [2.24, 2.45) is 0 Å². The zero-order chi connectivity index (χ0) is 13.7. The molecule has 2 rings (SSSR count). The average molecular weight is 277 g/mol. The number of anilines is 2. The van der Waals surface area contributed by atoms with Crippen LogP contribution in [0.2, 0.25) is 5.02 Å². The predicted molar refractivity (Wildman–Crippen MR) is 79.7 cm³/mol. The summed E-state index contributed by atoms with van der Waals surface area (Å²) < 4.78 is 0. The Labute approximate surface area is 118 Å². The molecule has 2 aromatic rings. The maximum Gasteiger partial charge on any atom is 0.134 e. The summed E-state index contributed by atoms with van der Waals surface area (Å²) in [5, 5.41) is 7.26. The van der Waals surface area contributed by atoms with Crippen molar-refractivity contribution < 1.29 is 0 Å². The van der Waals surface area contributed by atoms with Crippen LogP contribution in [0.1, 0.15) is 18.1 Å². The third-order valence-corrected chi connectivity index (χ3v) is 3.01. The molecule has 0 spiro atoms. The first-order valence-electron chi connectivity index (χ1n) is 6.24. The minimum atomic E-state index is 0.685. The lowest BCUT2D eigenvalue weighted by molar-refractivity contribution is 1.04. The van der Waals surface area contributed by atoms with Gasteiger partial charge in [-0.2, -0.15) is 0 Å². The summed E-state index contributed by atoms with van der Waals surface area (Å²) in [6.45, 7) is 5.56. The molecule has 5 heteroatoms. The maximum atomic E-state index is 5.96. The number of halogens is 1. The molecule has 0 saturated heterocycles. The van der Waals surface area contributed by atoms with E-state index in [4.69, 9.17) is 11.6 Å². The first-order chi connectivity index (χ1) is 9.20. The van der Waals surface area contributed by atoms with Gasteiger partial charge in [0.2, 0.25) is 0 Å². The van der Waals surface area contributed by atoms with Gasteiger partial charge in [-0.25, -0.2) is 9.97 Å². The van der Waals surface area contributed by atoms with Crippen LogP contribution in [0, 0.1) is 6.92 Å². The van der Waals surface area contributed by atoms with E-state index in [2.05, 4.69) is 20.6 Å². The molecule has 0 saturated carbocycles. The summed E-state index contributed by atoms with van der Waals surface area (Å²) in [4.78, 5) is 8.48. The largest absolute Gasteiger partial charge is 0.370 e. The molecule has 0 radical (unpaired) electrons. The summed E-state index contributed by atoms with van der Waals surface area (Å²) in [6, 6.07) is 7.78. The van der Waals surface area contributed by atoms with Gasteiger partial charge in [-0.1, -0.05) is 23.7 Å². The Morgan fingerprint density at radius 1 is 1.16 bits per heavy atom. The Balaban J connectivity index is 2.09. The van der Waals surface area contributed by atoms with E-state index in [1.54, 1.807) is 6.33 Å². The number of hydrogen-bond acceptors (Lipinski definition) is 4. The van der Waals surface area contributed by atoms with Crippen LogP contribution in [0.15, 0.2) is 30.6 Å². The monoisotopic (exact) mass is 276 g/mol. The van der Waals surface area contributed by atoms with E-state index in [-0.39, 0.29) is 0 Å². The third-order valence-electron chi connectivity index (χ3n) is 2.78. The van der Waals surface area contributed by atoms with E-state index >= 15 is 0 Å². The average Bonchev–Trinajstić information content (AvgIpc) is 2.40. The van der Waals surface area contributed by atoms with E-state index in [1.165, 1.54) is 0 Å². The summed E-state index contributed by atoms with van der Waals surface area (Å²) >= 11 is 5.96. The fraction of sp³-hybridized carbons (Fsp3) is 0.286. The van der Waals surface area contributed by atoms with Gasteiger partial charge < -0.3 is 10.6 Å². The van der Waals surface area contributed by atoms with Crippen molar-refractivity contribution in [2.45, 2.75) is 20.4 Å². The van der Waals surface area contributed by atoms with Crippen molar-refractivity contribution in [3.63, 3.8) is 0 Å². The number of benzene rings is 1. The van der Waals surface area contributed by atoms with Crippen molar-refractivity contribution in [1.82, 2.24) is 9.97 Å². The summed E-state index contributed by atoms with van der Waals surface area (Å²) in [5.41, 5.74) is 2.14. The van der Waals surface area contributed by atoms with Crippen molar-refractivity contribution in [3.8, 4) is 0 Å². The van der Waals surface area contributed by atoms with Crippen LogP contribution < -0.4 is 10.6 Å². The molecule has 0 aliphatic rings. The molecule has 19 heavy (non-hydrogen) atoms. The zero-order valence-corrected chi connectivity index (χ0v) is 11.8. The van der Waals surface area contributed by atoms with E-state index in [0.717, 1.165) is 34.3 Å². The number of hydrogen-bond donors (Lipinski definition) is 2. The van der Waals surface area contributed by atoms with Crippen molar-refractivity contribution >= 4 is 23.2 Å². The minimum absolute atomic E-state index is 0.685. The molecule has 1 heterocycles. The lowest BCUT2D eigenvalue weighted by Crippen LogP contribution is -2.08. The highest BCUT2D eigenvalue weighted by molar-refractivity contribution is 6.30. The molecular formula is C14H17ClN4. The molecule has 0 unspecified atom stereocenters. The Kier molecular flexibility index (Phi) is 4.58. The Morgan fingerprint density at radius 3 is 2.58 bits per heavy atom. The number of nitrogens with zero attached hydrogens (tertiary/aromatic N) is 2. The number of nitrogens with one attached hydrogen (secondary N) is 2. The van der Waals surface area contributed by atoms with Gasteiger partial charge in [-0.3, -0.25) is 0 Å². The van der Waals surface area contributed by atoms with Crippen LogP contribution in [0.5, 0.6) is 0 Å². The van der Waals surface area contributed by atoms with E-state index in [0.29, 0.717) is 6.54 Å². The number of aromatic nitrogens is 2. The maximum absolute atomic E-state index is 5.96. The molecule has 2 N–H and O–H groups in total. The molecule has 0 fully saturated rings. The Hall–Kier alpha value is -1.81. The van der Waals surface area contributed by atoms with Crippen LogP contribution in [0.4, 0.5) is 11.6 Å². The molecule has 0 bridgehead atoms. The van der Waals surface area contributed by atoms with Crippen LogP contribution >= 0.6 is 11.6 Å². The lowest BCUT2D eigenvalue weighted by Gasteiger charge is -2.12. The van der Waals surface area contributed by atoms with Gasteiger partial charge in [0.1, 0.15) is 18.0 Å². The van der Waals surface area contributed by atoms with Crippen LogP contribution in [0.25, 0.3) is 0 Å². The van der Waals surface area contributed by atoms with Gasteiger partial charge >= 0.3 is 0 Å². The van der Waals surface area contributed by atoms with E-state index in [9.17, 15) is 0 Å². The standard InChI is InChI=1S/C14H17ClN4/c1-3-16-13-10(2)14(19-9-18-13)17-8-11-5-4-6-12(15)7-11/h4-7,9H,3,8H2,1-2H3,(H2,16,17,18,19). The second-order valence-electron chi connectivity index (χ2n) is 4.21. The molecule has 1 aromatic heterocycles. The quantitative estimate of drug-likeness (QED) is 0.878. The van der Waals surface area contributed by atoms with Gasteiger partial charge in [-0.05, 0) is 31.5 Å². The first kappa shape index (κ1) is 13.6. The first-order valence-corrected chi connectivity index (χ1v) is 6.62. The summed E-state index contributed by atoms with van der Waals surface area (Å²) in [6.07, 6.45) is 1.56. The molecule has 0 atom stereocenters. The van der Waals surface area contributed by atoms with E-state index < -0.39 is 0 Å². The minimum Gasteiger partial charge on any atom is -0.370 e. The summed E-state index contributed by atoms with van der Waals surface area (Å²) in [5.74, 6) is 1.71. The Morgan fingerprint density at radius 2 is 1.89 bits per heavy atom. The van der Waals surface area contributed by atoms with Crippen molar-refractivity contribution in [2.75, 3.05) is 17.2 Å². The van der Waals surface area contributed by atoms with Crippen LogP contribution in [-0.4, -0.2) is 16.5 Å². The Bertz CT molecular complexity index is 557. The molecule has 0 amide bonds. The van der Waals surface area contributed by atoms with Gasteiger partial charge in [0.25, 0.3) is 0 Å². The highest BCUT2D eigenvalue weighted by Crippen LogP contribution is 2.19. The molecule has 1 aromatic carbocycles. The molecule has 0 aliphatic carbocycles.